The van der Waals surface area contributed by atoms with Crippen molar-refractivity contribution >= 4 is 29.3 Å². The van der Waals surface area contributed by atoms with Crippen molar-refractivity contribution in [1.82, 2.24) is 0 Å². The van der Waals surface area contributed by atoms with Gasteiger partial charge in [0.05, 0.1) is 12.2 Å². The Bertz CT molecular complexity index is 543. The van der Waals surface area contributed by atoms with E-state index in [0.29, 0.717) is 12.2 Å². The summed E-state index contributed by atoms with van der Waals surface area (Å²) in [6.07, 6.45) is 1.88. The van der Waals surface area contributed by atoms with Crippen molar-refractivity contribution in [1.29, 1.82) is 0 Å². The summed E-state index contributed by atoms with van der Waals surface area (Å²) in [5.74, 6) is -0.380. The van der Waals surface area contributed by atoms with Crippen molar-refractivity contribution < 1.29 is 14.3 Å². The number of esters is 1. The number of hydrogen-bond acceptors (Lipinski definition) is 4. The fourth-order valence-corrected chi connectivity index (χ4v) is 3.16. The Morgan fingerprint density at radius 3 is 2.74 bits per heavy atom. The number of carbonyl (C=O) groups excluding carboxylic acids is 2. The van der Waals surface area contributed by atoms with Gasteiger partial charge in [0.2, 0.25) is 5.91 Å². The van der Waals surface area contributed by atoms with E-state index in [9.17, 15) is 9.59 Å². The van der Waals surface area contributed by atoms with Gasteiger partial charge in [-0.1, -0.05) is 6.07 Å². The van der Waals surface area contributed by atoms with Crippen molar-refractivity contribution in [3.05, 3.63) is 29.3 Å². The first-order valence-electron chi connectivity index (χ1n) is 6.11. The highest BCUT2D eigenvalue weighted by molar-refractivity contribution is 8.00. The maximum atomic E-state index is 12.4. The minimum Gasteiger partial charge on any atom is -0.462 e. The molecule has 5 heteroatoms. The number of likely N-dealkylation sites (N-methyl/N-ethyl adjacent to an activating group) is 1. The standard InChI is InChI=1S/C14H17NO3S/c1-5-18-12(16)9-7-6-8-10-11(9)14(2,19-4)13(17)15(10)3/h6-8H,5H2,1-4H3. The van der Waals surface area contributed by atoms with E-state index in [4.69, 9.17) is 4.74 Å². The molecular formula is C14H17NO3S. The molecule has 0 saturated carbocycles. The van der Waals surface area contributed by atoms with Crippen molar-refractivity contribution in [3.8, 4) is 0 Å². The Kier molecular flexibility index (Phi) is 3.58. The maximum Gasteiger partial charge on any atom is 0.338 e. The number of hydrogen-bond donors (Lipinski definition) is 0. The first-order valence-corrected chi connectivity index (χ1v) is 7.33. The number of benzene rings is 1. The summed E-state index contributed by atoms with van der Waals surface area (Å²) < 4.78 is 4.35. The summed E-state index contributed by atoms with van der Waals surface area (Å²) in [5, 5.41) is 0. The third-order valence-corrected chi connectivity index (χ3v) is 4.69. The summed E-state index contributed by atoms with van der Waals surface area (Å²) in [7, 11) is 1.73. The van der Waals surface area contributed by atoms with E-state index in [0.717, 1.165) is 11.3 Å². The van der Waals surface area contributed by atoms with Crippen LogP contribution in [0.5, 0.6) is 0 Å². The minimum absolute atomic E-state index is 0.00764. The molecule has 1 amide bonds. The van der Waals surface area contributed by atoms with Crippen LogP contribution in [0.1, 0.15) is 29.8 Å². The molecule has 0 fully saturated rings. The highest BCUT2D eigenvalue weighted by Crippen LogP contribution is 2.48. The molecule has 0 radical (unpaired) electrons. The lowest BCUT2D eigenvalue weighted by Gasteiger charge is -2.21. The minimum atomic E-state index is -0.729. The molecule has 1 aliphatic heterocycles. The van der Waals surface area contributed by atoms with Crippen LogP contribution in [0.3, 0.4) is 0 Å². The van der Waals surface area contributed by atoms with Gasteiger partial charge in [0.25, 0.3) is 0 Å². The molecule has 4 nitrogen and oxygen atoms in total. The van der Waals surface area contributed by atoms with Crippen LogP contribution in [0.25, 0.3) is 0 Å². The topological polar surface area (TPSA) is 46.6 Å². The lowest BCUT2D eigenvalue weighted by atomic mass is 9.96. The third-order valence-electron chi connectivity index (χ3n) is 3.50. The van der Waals surface area contributed by atoms with Gasteiger partial charge in [-0.05, 0) is 32.2 Å². The summed E-state index contributed by atoms with van der Waals surface area (Å²) in [4.78, 5) is 26.1. The number of anilines is 1. The van der Waals surface area contributed by atoms with Crippen LogP contribution in [-0.2, 0) is 14.3 Å². The zero-order valence-corrected chi connectivity index (χ0v) is 12.3. The number of ether oxygens (including phenoxy) is 1. The van der Waals surface area contributed by atoms with Crippen LogP contribution in [0.15, 0.2) is 18.2 Å². The molecule has 1 aromatic carbocycles. The largest absolute Gasteiger partial charge is 0.462 e. The Hall–Kier alpha value is -1.49. The molecule has 1 heterocycles. The number of nitrogens with zero attached hydrogens (tertiary/aromatic N) is 1. The van der Waals surface area contributed by atoms with Crippen molar-refractivity contribution in [2.75, 3.05) is 24.8 Å². The van der Waals surface area contributed by atoms with Crippen molar-refractivity contribution in [2.45, 2.75) is 18.6 Å². The summed E-state index contributed by atoms with van der Waals surface area (Å²) in [5.41, 5.74) is 2.02. The second kappa shape index (κ2) is 4.89. The van der Waals surface area contributed by atoms with Crippen LogP contribution in [0.4, 0.5) is 5.69 Å². The Morgan fingerprint density at radius 1 is 1.47 bits per heavy atom. The molecule has 0 spiro atoms. The molecule has 2 rings (SSSR count). The molecule has 0 N–H and O–H groups in total. The highest BCUT2D eigenvalue weighted by atomic mass is 32.2. The van der Waals surface area contributed by atoms with Gasteiger partial charge in [-0.2, -0.15) is 0 Å². The van der Waals surface area contributed by atoms with E-state index >= 15 is 0 Å². The molecule has 1 aliphatic rings. The maximum absolute atomic E-state index is 12.4. The predicted molar refractivity (Wildman–Crippen MR) is 76.7 cm³/mol. The zero-order chi connectivity index (χ0) is 14.2. The number of amides is 1. The first kappa shape index (κ1) is 13.9. The van der Waals surface area contributed by atoms with Crippen LogP contribution >= 0.6 is 11.8 Å². The second-order valence-corrected chi connectivity index (χ2v) is 5.75. The summed E-state index contributed by atoms with van der Waals surface area (Å²) in [6, 6.07) is 5.36. The second-order valence-electron chi connectivity index (χ2n) is 4.52. The molecule has 102 valence electrons. The smallest absolute Gasteiger partial charge is 0.338 e. The van der Waals surface area contributed by atoms with E-state index in [1.165, 1.54) is 11.8 Å². The van der Waals surface area contributed by atoms with Gasteiger partial charge in [-0.3, -0.25) is 4.79 Å². The van der Waals surface area contributed by atoms with Crippen LogP contribution in [0, 0.1) is 0 Å². The molecule has 1 atom stereocenters. The van der Waals surface area contributed by atoms with Crippen molar-refractivity contribution in [3.63, 3.8) is 0 Å². The number of rotatable bonds is 3. The van der Waals surface area contributed by atoms with E-state index in [1.54, 1.807) is 31.0 Å². The lowest BCUT2D eigenvalue weighted by Crippen LogP contribution is -2.33. The number of thioether (sulfide) groups is 1. The van der Waals surface area contributed by atoms with Crippen molar-refractivity contribution in [2.24, 2.45) is 0 Å². The predicted octanol–water partition coefficient (Wildman–Crippen LogP) is 2.42. The van der Waals surface area contributed by atoms with E-state index < -0.39 is 4.75 Å². The van der Waals surface area contributed by atoms with Gasteiger partial charge < -0.3 is 9.64 Å². The molecule has 0 aromatic heterocycles. The summed E-state index contributed by atoms with van der Waals surface area (Å²) in [6.45, 7) is 3.94. The monoisotopic (exact) mass is 279 g/mol. The average molecular weight is 279 g/mol. The Balaban J connectivity index is 2.64. The quantitative estimate of drug-likeness (QED) is 0.797. The van der Waals surface area contributed by atoms with Gasteiger partial charge in [-0.15, -0.1) is 11.8 Å². The summed E-state index contributed by atoms with van der Waals surface area (Å²) >= 11 is 1.44. The fraction of sp³-hybridized carbons (Fsp3) is 0.429. The number of carbonyl (C=O) groups is 2. The van der Waals surface area contributed by atoms with Gasteiger partial charge in [0.1, 0.15) is 4.75 Å². The molecule has 0 bridgehead atoms. The molecule has 1 aromatic rings. The van der Waals surface area contributed by atoms with Crippen LogP contribution in [0.2, 0.25) is 0 Å². The number of fused-ring (bicyclic) bond motifs is 1. The average Bonchev–Trinajstić information content (AvgIpc) is 2.62. The van der Waals surface area contributed by atoms with Gasteiger partial charge in [0, 0.05) is 18.3 Å². The van der Waals surface area contributed by atoms with E-state index in [-0.39, 0.29) is 11.9 Å². The van der Waals surface area contributed by atoms with Crippen LogP contribution in [-0.4, -0.2) is 31.8 Å². The van der Waals surface area contributed by atoms with Gasteiger partial charge in [0.15, 0.2) is 0 Å². The van der Waals surface area contributed by atoms with Gasteiger partial charge in [-0.25, -0.2) is 4.79 Å². The zero-order valence-electron chi connectivity index (χ0n) is 11.5. The molecular weight excluding hydrogens is 262 g/mol. The fourth-order valence-electron chi connectivity index (χ4n) is 2.43. The van der Waals surface area contributed by atoms with E-state index in [2.05, 4.69) is 0 Å². The third kappa shape index (κ3) is 1.92. The molecule has 19 heavy (non-hydrogen) atoms. The Morgan fingerprint density at radius 2 is 2.16 bits per heavy atom. The molecule has 0 saturated heterocycles. The van der Waals surface area contributed by atoms with Gasteiger partial charge >= 0.3 is 5.97 Å². The molecule has 0 aliphatic carbocycles. The SMILES string of the molecule is CCOC(=O)c1cccc2c1C(C)(SC)C(=O)N2C. The highest BCUT2D eigenvalue weighted by Gasteiger charge is 2.48. The van der Waals surface area contributed by atoms with Crippen LogP contribution < -0.4 is 4.90 Å². The normalized spacial score (nSPS) is 21.5. The van der Waals surface area contributed by atoms with E-state index in [1.807, 2.05) is 19.2 Å². The Labute approximate surface area is 117 Å². The first-order chi connectivity index (χ1) is 8.97. The molecule has 1 unspecified atom stereocenters. The lowest BCUT2D eigenvalue weighted by molar-refractivity contribution is -0.119.